The molecule has 4 rings (SSSR count). The molecule has 0 atom stereocenters. The topological polar surface area (TPSA) is 60.0 Å². The summed E-state index contributed by atoms with van der Waals surface area (Å²) in [6.45, 7) is 1.97. The van der Waals surface area contributed by atoms with E-state index in [0.717, 1.165) is 42.0 Å². The van der Waals surface area contributed by atoms with Crippen molar-refractivity contribution in [2.75, 3.05) is 39.2 Å². The Bertz CT molecular complexity index is 845. The van der Waals surface area contributed by atoms with E-state index in [2.05, 4.69) is 11.4 Å². The Balaban J connectivity index is 1.47. The van der Waals surface area contributed by atoms with Crippen LogP contribution in [0.15, 0.2) is 42.5 Å². The average molecular weight is 382 g/mol. The lowest BCUT2D eigenvalue weighted by Crippen LogP contribution is -2.49. The average Bonchev–Trinajstić information content (AvgIpc) is 2.74. The van der Waals surface area contributed by atoms with E-state index in [0.29, 0.717) is 19.7 Å². The van der Waals surface area contributed by atoms with E-state index in [9.17, 15) is 4.79 Å². The number of amides is 2. The number of nitrogens with one attached hydrogen (secondary N) is 1. The zero-order valence-electron chi connectivity index (χ0n) is 16.4. The minimum absolute atomic E-state index is 0.0980. The van der Waals surface area contributed by atoms with E-state index < -0.39 is 0 Å². The van der Waals surface area contributed by atoms with Crippen LogP contribution in [0.1, 0.15) is 24.0 Å². The highest BCUT2D eigenvalue weighted by Crippen LogP contribution is 2.45. The van der Waals surface area contributed by atoms with Crippen LogP contribution in [-0.2, 0) is 16.8 Å². The largest absolute Gasteiger partial charge is 0.497 e. The molecular weight excluding hydrogens is 356 g/mol. The van der Waals surface area contributed by atoms with Gasteiger partial charge < -0.3 is 24.4 Å². The standard InChI is InChI=1S/C22H26N2O4/c1-26-18-7-4-6-17(15-18)23-21(25)24-12-10-22(11-13-24)20-16(9-14-28-22)5-3-8-19(20)27-2/h3-8,15H,9-14H2,1-2H3,(H,23,25). The quantitative estimate of drug-likeness (QED) is 0.877. The summed E-state index contributed by atoms with van der Waals surface area (Å²) in [5, 5.41) is 2.96. The molecule has 2 aliphatic heterocycles. The Morgan fingerprint density at radius 2 is 1.89 bits per heavy atom. The zero-order chi connectivity index (χ0) is 19.6. The molecule has 148 valence electrons. The monoisotopic (exact) mass is 382 g/mol. The molecule has 0 unspecified atom stereocenters. The van der Waals surface area contributed by atoms with Crippen molar-refractivity contribution in [2.24, 2.45) is 0 Å². The van der Waals surface area contributed by atoms with Gasteiger partial charge in [-0.3, -0.25) is 0 Å². The molecule has 28 heavy (non-hydrogen) atoms. The number of anilines is 1. The molecule has 0 radical (unpaired) electrons. The fourth-order valence-corrected chi connectivity index (χ4v) is 4.27. The first kappa shape index (κ1) is 18.6. The van der Waals surface area contributed by atoms with Crippen molar-refractivity contribution in [3.05, 3.63) is 53.6 Å². The molecule has 1 saturated heterocycles. The van der Waals surface area contributed by atoms with Gasteiger partial charge in [0, 0.05) is 30.4 Å². The number of hydrogen-bond acceptors (Lipinski definition) is 4. The van der Waals surface area contributed by atoms with Gasteiger partial charge in [0.2, 0.25) is 0 Å². The molecule has 6 heteroatoms. The first-order valence-corrected chi connectivity index (χ1v) is 9.65. The first-order chi connectivity index (χ1) is 13.6. The van der Waals surface area contributed by atoms with Gasteiger partial charge in [-0.05, 0) is 43.0 Å². The van der Waals surface area contributed by atoms with E-state index >= 15 is 0 Å². The number of hydrogen-bond donors (Lipinski definition) is 1. The third kappa shape index (κ3) is 3.40. The predicted molar refractivity (Wildman–Crippen MR) is 107 cm³/mol. The molecule has 1 N–H and O–H groups in total. The van der Waals surface area contributed by atoms with Gasteiger partial charge in [-0.1, -0.05) is 18.2 Å². The van der Waals surface area contributed by atoms with Crippen LogP contribution in [0.4, 0.5) is 10.5 Å². The highest BCUT2D eigenvalue weighted by Gasteiger charge is 2.43. The summed E-state index contributed by atoms with van der Waals surface area (Å²) in [6, 6.07) is 13.5. The maximum atomic E-state index is 12.7. The number of ether oxygens (including phenoxy) is 3. The Morgan fingerprint density at radius 1 is 1.11 bits per heavy atom. The normalized spacial score (nSPS) is 17.7. The first-order valence-electron chi connectivity index (χ1n) is 9.65. The van der Waals surface area contributed by atoms with Crippen molar-refractivity contribution in [3.8, 4) is 11.5 Å². The summed E-state index contributed by atoms with van der Waals surface area (Å²) in [5.74, 6) is 1.60. The Kier molecular flexibility index (Phi) is 5.13. The molecule has 2 aromatic carbocycles. The lowest BCUT2D eigenvalue weighted by molar-refractivity contribution is -0.0932. The van der Waals surface area contributed by atoms with Crippen LogP contribution in [0.2, 0.25) is 0 Å². The number of likely N-dealkylation sites (tertiary alicyclic amines) is 1. The van der Waals surface area contributed by atoms with E-state index in [1.54, 1.807) is 14.2 Å². The van der Waals surface area contributed by atoms with E-state index in [-0.39, 0.29) is 11.6 Å². The lowest BCUT2D eigenvalue weighted by atomic mass is 9.79. The molecule has 2 aliphatic rings. The molecule has 2 aromatic rings. The van der Waals surface area contributed by atoms with E-state index in [1.807, 2.05) is 41.3 Å². The van der Waals surface area contributed by atoms with Crippen LogP contribution < -0.4 is 14.8 Å². The number of nitrogens with zero attached hydrogens (tertiary/aromatic N) is 1. The summed E-state index contributed by atoms with van der Waals surface area (Å²) in [6.07, 6.45) is 2.41. The number of fused-ring (bicyclic) bond motifs is 2. The van der Waals surface area contributed by atoms with Gasteiger partial charge in [0.25, 0.3) is 0 Å². The summed E-state index contributed by atoms with van der Waals surface area (Å²) < 4.78 is 17.1. The van der Waals surface area contributed by atoms with Gasteiger partial charge >= 0.3 is 6.03 Å². The second-order valence-electron chi connectivity index (χ2n) is 7.24. The summed E-state index contributed by atoms with van der Waals surface area (Å²) in [5.41, 5.74) is 2.81. The highest BCUT2D eigenvalue weighted by molar-refractivity contribution is 5.89. The second kappa shape index (κ2) is 7.72. The van der Waals surface area contributed by atoms with Crippen molar-refractivity contribution in [3.63, 3.8) is 0 Å². The maximum absolute atomic E-state index is 12.7. The maximum Gasteiger partial charge on any atom is 0.321 e. The zero-order valence-corrected chi connectivity index (χ0v) is 16.4. The van der Waals surface area contributed by atoms with Crippen molar-refractivity contribution >= 4 is 11.7 Å². The molecule has 2 heterocycles. The minimum atomic E-state index is -0.368. The molecule has 2 amide bonds. The van der Waals surface area contributed by atoms with Crippen molar-refractivity contribution in [2.45, 2.75) is 24.9 Å². The molecule has 1 fully saturated rings. The number of rotatable bonds is 3. The Hall–Kier alpha value is -2.73. The fraction of sp³-hybridized carbons (Fsp3) is 0.409. The van der Waals surface area contributed by atoms with Gasteiger partial charge in [0.1, 0.15) is 17.1 Å². The van der Waals surface area contributed by atoms with Crippen molar-refractivity contribution in [1.29, 1.82) is 0 Å². The third-order valence-corrected chi connectivity index (χ3v) is 5.72. The SMILES string of the molecule is COc1cccc(NC(=O)N2CCC3(CC2)OCCc2cccc(OC)c23)c1. The minimum Gasteiger partial charge on any atom is -0.497 e. The van der Waals surface area contributed by atoms with Crippen LogP contribution in [0.3, 0.4) is 0 Å². The summed E-state index contributed by atoms with van der Waals surface area (Å²) in [7, 11) is 3.32. The van der Waals surface area contributed by atoms with E-state index in [4.69, 9.17) is 14.2 Å². The molecular formula is C22H26N2O4. The van der Waals surface area contributed by atoms with Gasteiger partial charge in [0.15, 0.2) is 0 Å². The summed E-state index contributed by atoms with van der Waals surface area (Å²) in [4.78, 5) is 14.6. The van der Waals surface area contributed by atoms with Gasteiger partial charge in [-0.25, -0.2) is 4.79 Å². The van der Waals surface area contributed by atoms with Gasteiger partial charge in [-0.2, -0.15) is 0 Å². The highest BCUT2D eigenvalue weighted by atomic mass is 16.5. The molecule has 0 aromatic heterocycles. The van der Waals surface area contributed by atoms with Crippen LogP contribution >= 0.6 is 0 Å². The Labute approximate surface area is 165 Å². The molecule has 1 spiro atoms. The van der Waals surface area contributed by atoms with Gasteiger partial charge in [-0.15, -0.1) is 0 Å². The third-order valence-electron chi connectivity index (χ3n) is 5.72. The van der Waals surface area contributed by atoms with Crippen LogP contribution in [0.5, 0.6) is 11.5 Å². The van der Waals surface area contributed by atoms with E-state index in [1.165, 1.54) is 5.56 Å². The van der Waals surface area contributed by atoms with Crippen molar-refractivity contribution in [1.82, 2.24) is 4.90 Å². The molecule has 0 aliphatic carbocycles. The number of carbonyl (C=O) groups is 1. The molecule has 6 nitrogen and oxygen atoms in total. The number of benzene rings is 2. The number of methoxy groups -OCH3 is 2. The van der Waals surface area contributed by atoms with Gasteiger partial charge in [0.05, 0.1) is 20.8 Å². The second-order valence-corrected chi connectivity index (χ2v) is 7.24. The van der Waals surface area contributed by atoms with Crippen LogP contribution in [-0.4, -0.2) is 44.8 Å². The van der Waals surface area contributed by atoms with Crippen molar-refractivity contribution < 1.29 is 19.0 Å². The molecule has 0 saturated carbocycles. The van der Waals surface area contributed by atoms with Crippen LogP contribution in [0, 0.1) is 0 Å². The Morgan fingerprint density at radius 3 is 2.64 bits per heavy atom. The van der Waals surface area contributed by atoms with Crippen LogP contribution in [0.25, 0.3) is 0 Å². The number of urea groups is 1. The summed E-state index contributed by atoms with van der Waals surface area (Å²) >= 11 is 0. The lowest BCUT2D eigenvalue weighted by Gasteiger charge is -2.45. The number of carbonyl (C=O) groups excluding carboxylic acids is 1. The number of piperidine rings is 1. The fourth-order valence-electron chi connectivity index (χ4n) is 4.27. The predicted octanol–water partition coefficient (Wildman–Crippen LogP) is 3.80. The molecule has 0 bridgehead atoms. The smallest absolute Gasteiger partial charge is 0.321 e.